The molecule has 1 aliphatic heterocycles. The van der Waals surface area contributed by atoms with Crippen LogP contribution in [0.15, 0.2) is 40.9 Å². The topological polar surface area (TPSA) is 46.3 Å². The smallest absolute Gasteiger partial charge is 0.259 e. The zero-order chi connectivity index (χ0) is 15.7. The number of hydrogen-bond acceptors (Lipinski definition) is 2. The van der Waals surface area contributed by atoms with Crippen LogP contribution in [0.4, 0.5) is 5.69 Å². The van der Waals surface area contributed by atoms with E-state index in [1.807, 2.05) is 42.2 Å². The molecule has 3 rings (SSSR count). The second-order valence-corrected chi connectivity index (χ2v) is 6.57. The van der Waals surface area contributed by atoms with Crippen LogP contribution in [0.1, 0.15) is 33.5 Å². The number of halogens is 1. The summed E-state index contributed by atoms with van der Waals surface area (Å²) < 4.78 is 0.850. The number of carbonyl (C=O) groups is 1. The van der Waals surface area contributed by atoms with Crippen LogP contribution in [0.2, 0.25) is 0 Å². The quantitative estimate of drug-likeness (QED) is 0.886. The monoisotopic (exact) mass is 358 g/mol. The lowest BCUT2D eigenvalue weighted by atomic mass is 9.98. The number of amides is 1. The molecule has 0 saturated heterocycles. The third-order valence-electron chi connectivity index (χ3n) is 4.10. The molecule has 1 amide bonds. The van der Waals surface area contributed by atoms with E-state index >= 15 is 0 Å². The maximum Gasteiger partial charge on any atom is 0.259 e. The Labute approximate surface area is 139 Å². The molecule has 3 nitrogen and oxygen atoms in total. The number of hydrogen-bond donors (Lipinski definition) is 1. The highest BCUT2D eigenvalue weighted by Gasteiger charge is 2.24. The van der Waals surface area contributed by atoms with E-state index < -0.39 is 0 Å². The fraction of sp³-hybridized carbons (Fsp3) is 0.278. The number of aryl methyl sites for hydroxylation is 2. The lowest BCUT2D eigenvalue weighted by Crippen LogP contribution is -2.35. The highest BCUT2D eigenvalue weighted by Crippen LogP contribution is 2.31. The van der Waals surface area contributed by atoms with E-state index in [1.54, 1.807) is 0 Å². The normalized spacial score (nSPS) is 13.9. The molecule has 0 aromatic heterocycles. The van der Waals surface area contributed by atoms with Gasteiger partial charge in [0.15, 0.2) is 0 Å². The van der Waals surface area contributed by atoms with Crippen molar-refractivity contribution in [2.75, 3.05) is 11.4 Å². The zero-order valence-corrected chi connectivity index (χ0v) is 14.2. The Morgan fingerprint density at radius 3 is 2.82 bits per heavy atom. The number of nitrogens with two attached hydrogens (primary N) is 1. The van der Waals surface area contributed by atoms with Gasteiger partial charge in [0.2, 0.25) is 0 Å². The van der Waals surface area contributed by atoms with Gasteiger partial charge in [0, 0.05) is 23.2 Å². The van der Waals surface area contributed by atoms with E-state index in [1.165, 1.54) is 5.56 Å². The Hall–Kier alpha value is -1.65. The van der Waals surface area contributed by atoms with Crippen LogP contribution in [0.25, 0.3) is 0 Å². The molecule has 0 unspecified atom stereocenters. The predicted molar refractivity (Wildman–Crippen MR) is 93.2 cm³/mol. The van der Waals surface area contributed by atoms with E-state index in [-0.39, 0.29) is 5.91 Å². The van der Waals surface area contributed by atoms with Gasteiger partial charge in [0.1, 0.15) is 0 Å². The first kappa shape index (κ1) is 15.3. The molecule has 114 valence electrons. The van der Waals surface area contributed by atoms with Gasteiger partial charge in [-0.3, -0.25) is 4.79 Å². The molecule has 0 saturated carbocycles. The van der Waals surface area contributed by atoms with Crippen molar-refractivity contribution in [1.29, 1.82) is 0 Å². The number of anilines is 1. The summed E-state index contributed by atoms with van der Waals surface area (Å²) in [7, 11) is 0. The van der Waals surface area contributed by atoms with Gasteiger partial charge in [-0.25, -0.2) is 0 Å². The van der Waals surface area contributed by atoms with Crippen molar-refractivity contribution >= 4 is 27.5 Å². The van der Waals surface area contributed by atoms with Crippen molar-refractivity contribution in [3.63, 3.8) is 0 Å². The minimum atomic E-state index is 0.0494. The molecule has 4 heteroatoms. The second-order valence-electron chi connectivity index (χ2n) is 5.71. The van der Waals surface area contributed by atoms with Crippen LogP contribution in [0.3, 0.4) is 0 Å². The van der Waals surface area contributed by atoms with E-state index in [9.17, 15) is 4.79 Å². The molecule has 2 aromatic carbocycles. The van der Waals surface area contributed by atoms with E-state index in [2.05, 4.69) is 22.0 Å². The maximum absolute atomic E-state index is 12.9. The van der Waals surface area contributed by atoms with Crippen LogP contribution in [-0.4, -0.2) is 12.5 Å². The van der Waals surface area contributed by atoms with Gasteiger partial charge in [-0.2, -0.15) is 0 Å². The Morgan fingerprint density at radius 1 is 1.27 bits per heavy atom. The first-order valence-electron chi connectivity index (χ1n) is 7.50. The second kappa shape index (κ2) is 6.23. The standard InChI is InChI=1S/C18H19BrN2O/c1-12-4-6-15(16(19)9-12)18(22)21-8-2-3-14-10-13(11-20)5-7-17(14)21/h4-7,9-10H,2-3,8,11,20H2,1H3. The number of benzene rings is 2. The van der Waals surface area contributed by atoms with Gasteiger partial charge in [-0.1, -0.05) is 18.2 Å². The Kier molecular flexibility index (Phi) is 4.32. The highest BCUT2D eigenvalue weighted by atomic mass is 79.9. The van der Waals surface area contributed by atoms with Crippen LogP contribution in [0, 0.1) is 6.92 Å². The molecule has 2 N–H and O–H groups in total. The molecular formula is C18H19BrN2O. The Balaban J connectivity index is 1.98. The lowest BCUT2D eigenvalue weighted by molar-refractivity contribution is 0.0984. The average Bonchev–Trinajstić information content (AvgIpc) is 2.53. The predicted octanol–water partition coefficient (Wildman–Crippen LogP) is 3.81. The summed E-state index contributed by atoms with van der Waals surface area (Å²) in [6.07, 6.45) is 1.98. The first-order valence-corrected chi connectivity index (χ1v) is 8.29. The molecule has 2 aromatic rings. The minimum Gasteiger partial charge on any atom is -0.326 e. The summed E-state index contributed by atoms with van der Waals surface area (Å²) in [6, 6.07) is 12.0. The summed E-state index contributed by atoms with van der Waals surface area (Å²) in [5.74, 6) is 0.0494. The molecular weight excluding hydrogens is 340 g/mol. The molecule has 0 radical (unpaired) electrons. The van der Waals surface area contributed by atoms with Crippen LogP contribution >= 0.6 is 15.9 Å². The molecule has 0 bridgehead atoms. The van der Waals surface area contributed by atoms with Gasteiger partial charge in [0.05, 0.1) is 5.56 Å². The third kappa shape index (κ3) is 2.81. The van der Waals surface area contributed by atoms with Crippen molar-refractivity contribution in [3.8, 4) is 0 Å². The first-order chi connectivity index (χ1) is 10.6. The lowest BCUT2D eigenvalue weighted by Gasteiger charge is -2.30. The van der Waals surface area contributed by atoms with E-state index in [0.717, 1.165) is 40.7 Å². The zero-order valence-electron chi connectivity index (χ0n) is 12.6. The number of nitrogens with zero attached hydrogens (tertiary/aromatic N) is 1. The summed E-state index contributed by atoms with van der Waals surface area (Å²) in [5, 5.41) is 0. The van der Waals surface area contributed by atoms with Crippen molar-refractivity contribution in [2.24, 2.45) is 5.73 Å². The Morgan fingerprint density at radius 2 is 2.09 bits per heavy atom. The van der Waals surface area contributed by atoms with E-state index in [4.69, 9.17) is 5.73 Å². The third-order valence-corrected chi connectivity index (χ3v) is 4.75. The Bertz CT molecular complexity index is 727. The maximum atomic E-state index is 12.9. The fourth-order valence-electron chi connectivity index (χ4n) is 2.93. The SMILES string of the molecule is Cc1ccc(C(=O)N2CCCc3cc(CN)ccc32)c(Br)c1. The number of fused-ring (bicyclic) bond motifs is 1. The molecule has 1 aliphatic rings. The number of carbonyl (C=O) groups excluding carboxylic acids is 1. The molecule has 0 spiro atoms. The average molecular weight is 359 g/mol. The van der Waals surface area contributed by atoms with Gasteiger partial charge in [-0.15, -0.1) is 0 Å². The van der Waals surface area contributed by atoms with Crippen LogP contribution < -0.4 is 10.6 Å². The van der Waals surface area contributed by atoms with Crippen LogP contribution in [-0.2, 0) is 13.0 Å². The summed E-state index contributed by atoms with van der Waals surface area (Å²) in [5.41, 5.74) is 10.9. The fourth-order valence-corrected chi connectivity index (χ4v) is 3.59. The van der Waals surface area contributed by atoms with Crippen molar-refractivity contribution in [3.05, 3.63) is 63.1 Å². The van der Waals surface area contributed by atoms with Gasteiger partial charge < -0.3 is 10.6 Å². The summed E-state index contributed by atoms with van der Waals surface area (Å²) in [4.78, 5) is 14.8. The molecule has 1 heterocycles. The highest BCUT2D eigenvalue weighted by molar-refractivity contribution is 9.10. The van der Waals surface area contributed by atoms with Gasteiger partial charge in [-0.05, 0) is 70.6 Å². The van der Waals surface area contributed by atoms with Gasteiger partial charge >= 0.3 is 0 Å². The minimum absolute atomic E-state index is 0.0494. The van der Waals surface area contributed by atoms with Crippen molar-refractivity contribution in [2.45, 2.75) is 26.3 Å². The number of rotatable bonds is 2. The molecule has 22 heavy (non-hydrogen) atoms. The molecule has 0 fully saturated rings. The van der Waals surface area contributed by atoms with Crippen molar-refractivity contribution in [1.82, 2.24) is 0 Å². The van der Waals surface area contributed by atoms with Gasteiger partial charge in [0.25, 0.3) is 5.91 Å². The summed E-state index contributed by atoms with van der Waals surface area (Å²) >= 11 is 3.51. The molecule has 0 aliphatic carbocycles. The van der Waals surface area contributed by atoms with Crippen LogP contribution in [0.5, 0.6) is 0 Å². The summed E-state index contributed by atoms with van der Waals surface area (Å²) in [6.45, 7) is 3.31. The molecule has 0 atom stereocenters. The largest absolute Gasteiger partial charge is 0.326 e. The van der Waals surface area contributed by atoms with E-state index in [0.29, 0.717) is 12.1 Å². The van der Waals surface area contributed by atoms with Crippen molar-refractivity contribution < 1.29 is 4.79 Å².